The average molecular weight is 417 g/mol. The van der Waals surface area contributed by atoms with Gasteiger partial charge in [-0.3, -0.25) is 4.79 Å². The van der Waals surface area contributed by atoms with Crippen LogP contribution >= 0.6 is 0 Å². The normalized spacial score (nSPS) is 13.6. The Kier molecular flexibility index (Phi) is 7.86. The average Bonchev–Trinajstić information content (AvgIpc) is 2.97. The number of carbonyl (C=O) groups excluding carboxylic acids is 1. The highest BCUT2D eigenvalue weighted by Crippen LogP contribution is 2.23. The van der Waals surface area contributed by atoms with Crippen molar-refractivity contribution in [3.05, 3.63) is 64.0 Å². The molecule has 0 bridgehead atoms. The summed E-state index contributed by atoms with van der Waals surface area (Å²) < 4.78 is 34.0. The van der Waals surface area contributed by atoms with Crippen LogP contribution in [0.25, 0.3) is 6.08 Å². The van der Waals surface area contributed by atoms with Gasteiger partial charge in [-0.1, -0.05) is 6.07 Å². The van der Waals surface area contributed by atoms with Gasteiger partial charge in [-0.05, 0) is 44.5 Å². The van der Waals surface area contributed by atoms with Crippen LogP contribution in [0.15, 0.2) is 29.8 Å². The van der Waals surface area contributed by atoms with Crippen LogP contribution in [-0.2, 0) is 9.53 Å². The minimum atomic E-state index is -1.38. The summed E-state index contributed by atoms with van der Waals surface area (Å²) in [5.41, 5.74) is 2.26. The Morgan fingerprint density at radius 1 is 1.37 bits per heavy atom. The summed E-state index contributed by atoms with van der Waals surface area (Å²) in [5.74, 6) is -2.38. The van der Waals surface area contributed by atoms with Gasteiger partial charge in [0, 0.05) is 36.7 Å². The van der Waals surface area contributed by atoms with E-state index in [4.69, 9.17) is 4.74 Å². The molecule has 160 valence electrons. The molecule has 1 amide bonds. The Hall–Kier alpha value is -3.02. The molecule has 2 atom stereocenters. The fourth-order valence-corrected chi connectivity index (χ4v) is 3.41. The van der Waals surface area contributed by atoms with Gasteiger partial charge in [0.2, 0.25) is 0 Å². The van der Waals surface area contributed by atoms with Crippen LogP contribution in [0.1, 0.15) is 41.6 Å². The van der Waals surface area contributed by atoms with Crippen molar-refractivity contribution >= 4 is 12.0 Å². The van der Waals surface area contributed by atoms with Gasteiger partial charge in [0.25, 0.3) is 5.91 Å². The molecular formula is C22H25F2N3O3. The summed E-state index contributed by atoms with van der Waals surface area (Å²) in [6.45, 7) is 6.01. The van der Waals surface area contributed by atoms with Crippen molar-refractivity contribution in [3.63, 3.8) is 0 Å². The molecule has 0 saturated heterocycles. The van der Waals surface area contributed by atoms with Crippen molar-refractivity contribution in [2.24, 2.45) is 0 Å². The maximum absolute atomic E-state index is 13.8. The molecule has 1 aromatic carbocycles. The maximum Gasteiger partial charge on any atom is 0.262 e. The lowest BCUT2D eigenvalue weighted by atomic mass is 10.1. The van der Waals surface area contributed by atoms with E-state index in [1.165, 1.54) is 6.08 Å². The summed E-state index contributed by atoms with van der Waals surface area (Å²) in [6, 6.07) is 6.59. The Morgan fingerprint density at radius 2 is 2.07 bits per heavy atom. The number of hydrogen-bond acceptors (Lipinski definition) is 4. The smallest absolute Gasteiger partial charge is 0.262 e. The van der Waals surface area contributed by atoms with Crippen LogP contribution in [0.2, 0.25) is 0 Å². The van der Waals surface area contributed by atoms with E-state index in [2.05, 4.69) is 9.88 Å². The summed E-state index contributed by atoms with van der Waals surface area (Å²) in [5, 5.41) is 21.9. The summed E-state index contributed by atoms with van der Waals surface area (Å²) >= 11 is 0. The van der Waals surface area contributed by atoms with E-state index in [-0.39, 0.29) is 23.7 Å². The van der Waals surface area contributed by atoms with Crippen molar-refractivity contribution in [1.82, 2.24) is 9.88 Å². The van der Waals surface area contributed by atoms with E-state index < -0.39 is 23.6 Å². The molecule has 0 saturated carbocycles. The van der Waals surface area contributed by atoms with Gasteiger partial charge >= 0.3 is 0 Å². The van der Waals surface area contributed by atoms with Crippen LogP contribution in [0.3, 0.4) is 0 Å². The van der Waals surface area contributed by atoms with Gasteiger partial charge in [-0.15, -0.1) is 0 Å². The number of nitrogens with one attached hydrogen (secondary N) is 1. The molecule has 1 aromatic heterocycles. The van der Waals surface area contributed by atoms with E-state index in [1.807, 2.05) is 32.9 Å². The van der Waals surface area contributed by atoms with Gasteiger partial charge < -0.3 is 19.7 Å². The highest BCUT2D eigenvalue weighted by Gasteiger charge is 2.18. The monoisotopic (exact) mass is 417 g/mol. The van der Waals surface area contributed by atoms with Crippen LogP contribution in [0.5, 0.6) is 0 Å². The van der Waals surface area contributed by atoms with Crippen molar-refractivity contribution < 1.29 is 23.4 Å². The minimum absolute atomic E-state index is 0.0808. The molecule has 0 fully saturated rings. The standard InChI is InChI=1S/C22H25F2N3O3/c1-13-7-16(15(3)27(13)14(2)12-30-4)8-17(10-25)22(29)26-11-21(28)19-6-5-18(23)9-20(19)24/h5-9,14,21,28H,11-12H2,1-4H3,(H,26,29)/b17-8-. The highest BCUT2D eigenvalue weighted by atomic mass is 19.1. The quantitative estimate of drug-likeness (QED) is 0.509. The van der Waals surface area contributed by atoms with Crippen LogP contribution in [-0.4, -0.2) is 35.8 Å². The second-order valence-electron chi connectivity index (χ2n) is 7.06. The molecule has 2 aromatic rings. The molecule has 0 aliphatic rings. The number of benzene rings is 1. The van der Waals surface area contributed by atoms with Crippen molar-refractivity contribution in [3.8, 4) is 6.07 Å². The lowest BCUT2D eigenvalue weighted by Crippen LogP contribution is -2.29. The van der Waals surface area contributed by atoms with E-state index >= 15 is 0 Å². The molecule has 2 N–H and O–H groups in total. The number of methoxy groups -OCH3 is 1. The Balaban J connectivity index is 2.16. The first-order chi connectivity index (χ1) is 14.2. The molecular weight excluding hydrogens is 392 g/mol. The first-order valence-electron chi connectivity index (χ1n) is 9.40. The number of ether oxygens (including phenoxy) is 1. The summed E-state index contributed by atoms with van der Waals surface area (Å²) in [6.07, 6.45) is 0.0906. The number of aliphatic hydroxyl groups excluding tert-OH is 1. The lowest BCUT2D eigenvalue weighted by molar-refractivity contribution is -0.117. The number of aliphatic hydroxyl groups is 1. The molecule has 8 heteroatoms. The Labute approximate surface area is 174 Å². The number of amides is 1. The van der Waals surface area contributed by atoms with E-state index in [0.717, 1.165) is 23.5 Å². The van der Waals surface area contributed by atoms with Crippen molar-refractivity contribution in [1.29, 1.82) is 5.26 Å². The molecule has 0 spiro atoms. The molecule has 30 heavy (non-hydrogen) atoms. The predicted octanol–water partition coefficient (Wildman–Crippen LogP) is 3.35. The Morgan fingerprint density at radius 3 is 2.67 bits per heavy atom. The number of hydrogen-bond donors (Lipinski definition) is 2. The van der Waals surface area contributed by atoms with Gasteiger partial charge in [-0.2, -0.15) is 5.26 Å². The molecule has 2 unspecified atom stereocenters. The largest absolute Gasteiger partial charge is 0.386 e. The fraction of sp³-hybridized carbons (Fsp3) is 0.364. The van der Waals surface area contributed by atoms with E-state index in [9.17, 15) is 23.9 Å². The van der Waals surface area contributed by atoms with Crippen molar-refractivity contribution in [2.75, 3.05) is 20.3 Å². The zero-order chi connectivity index (χ0) is 22.4. The third-order valence-electron chi connectivity index (χ3n) is 4.81. The van der Waals surface area contributed by atoms with Crippen LogP contribution in [0.4, 0.5) is 8.78 Å². The van der Waals surface area contributed by atoms with Gasteiger partial charge in [0.05, 0.1) is 18.8 Å². The molecule has 2 rings (SSSR count). The molecule has 6 nitrogen and oxygen atoms in total. The number of aromatic nitrogens is 1. The first-order valence-corrected chi connectivity index (χ1v) is 9.40. The van der Waals surface area contributed by atoms with Crippen LogP contribution in [0, 0.1) is 36.8 Å². The van der Waals surface area contributed by atoms with Crippen molar-refractivity contribution in [2.45, 2.75) is 32.9 Å². The second-order valence-corrected chi connectivity index (χ2v) is 7.06. The second kappa shape index (κ2) is 10.1. The third kappa shape index (κ3) is 5.32. The topological polar surface area (TPSA) is 87.3 Å². The summed E-state index contributed by atoms with van der Waals surface area (Å²) in [7, 11) is 1.62. The molecule has 0 aliphatic heterocycles. The maximum atomic E-state index is 13.8. The van der Waals surface area contributed by atoms with Crippen LogP contribution < -0.4 is 5.32 Å². The highest BCUT2D eigenvalue weighted by molar-refractivity contribution is 6.01. The summed E-state index contributed by atoms with van der Waals surface area (Å²) in [4.78, 5) is 12.4. The molecule has 0 radical (unpaired) electrons. The number of nitrogens with zero attached hydrogens (tertiary/aromatic N) is 2. The minimum Gasteiger partial charge on any atom is -0.386 e. The zero-order valence-electron chi connectivity index (χ0n) is 17.4. The van der Waals surface area contributed by atoms with Gasteiger partial charge in [0.1, 0.15) is 23.3 Å². The first kappa shape index (κ1) is 23.3. The number of aryl methyl sites for hydroxylation is 1. The molecule has 1 heterocycles. The third-order valence-corrected chi connectivity index (χ3v) is 4.81. The van der Waals surface area contributed by atoms with E-state index in [0.29, 0.717) is 18.2 Å². The lowest BCUT2D eigenvalue weighted by Gasteiger charge is -2.17. The molecule has 0 aliphatic carbocycles. The SMILES string of the molecule is COCC(C)n1c(C)cc(/C=C(/C#N)C(=O)NCC(O)c2ccc(F)cc2F)c1C. The number of carbonyl (C=O) groups is 1. The predicted molar refractivity (Wildman–Crippen MR) is 108 cm³/mol. The zero-order valence-corrected chi connectivity index (χ0v) is 17.4. The van der Waals surface area contributed by atoms with E-state index in [1.54, 1.807) is 7.11 Å². The number of nitriles is 1. The van der Waals surface area contributed by atoms with Gasteiger partial charge in [-0.25, -0.2) is 8.78 Å². The number of rotatable bonds is 8. The van der Waals surface area contributed by atoms with Gasteiger partial charge in [0.15, 0.2) is 0 Å². The Bertz CT molecular complexity index is 992. The fourth-order valence-electron chi connectivity index (χ4n) is 3.41. The number of halogens is 2.